The number of aromatic nitrogens is 3. The van der Waals surface area contributed by atoms with E-state index in [1.54, 1.807) is 0 Å². The Kier molecular flexibility index (Phi) is 27.0. The number of benzene rings is 6. The standard InChI is InChI=1S/C25H24Br2N2O2.C25H26N2O4.C19H20Br2N2O2.C3H4O/c1-25(2,3)31-24(30)28-14-15-29-22-16-18(6-4-12-26)8-10-20(22)21-11-9-19(7-5-13-27)17-23(21)29;1-25(2,3)31-24(30)26-12-13-27-22-16-18(6-4-14-28)8-10-20(22)21-11-9-19(7-5-15-29)17-23(21)27;1-19(2,3)25-18(24)22-8-9-23-16-10-12(20)4-6-14(16)15-7-5-13(21)11-17(15)23;1-2-3-4/h8-11,16-17H,12-15H2,1-3H3,(H,28,30);8-11,16-17,28-29H,12-15H2,1-3H3,(H,26,30);4-7,10-11H,8-9H2,1-3H3,(H,22,24);1,4H,3H2. The average Bonchev–Trinajstić information content (AvgIpc) is 1.63. The monoisotopic (exact) mass is 1480 g/mol. The Balaban J connectivity index is 0.000000212. The number of alkyl halides is 2. The van der Waals surface area contributed by atoms with Crippen LogP contribution in [0.15, 0.2) is 118 Å². The molecule has 6 N–H and O–H groups in total. The third-order valence-corrected chi connectivity index (χ3v) is 14.4. The lowest BCUT2D eigenvalue weighted by molar-refractivity contribution is 0.0515. The van der Waals surface area contributed by atoms with Crippen LogP contribution in [0.3, 0.4) is 0 Å². The molecule has 0 aliphatic carbocycles. The van der Waals surface area contributed by atoms with Crippen LogP contribution in [0.2, 0.25) is 0 Å². The molecule has 0 saturated carbocycles. The normalized spacial score (nSPS) is 10.9. The van der Waals surface area contributed by atoms with Crippen LogP contribution in [-0.2, 0) is 33.8 Å². The molecule has 6 aromatic carbocycles. The summed E-state index contributed by atoms with van der Waals surface area (Å²) in [6, 6.07) is 36.9. The molecule has 0 aliphatic rings. The van der Waals surface area contributed by atoms with Crippen LogP contribution in [0.4, 0.5) is 14.4 Å². The maximum absolute atomic E-state index is 12.1. The number of ether oxygens (including phenoxy) is 3. The fraction of sp³-hybridized carbons (Fsp3) is 0.319. The maximum atomic E-state index is 12.1. The van der Waals surface area contributed by atoms with Crippen LogP contribution in [0.5, 0.6) is 0 Å². The van der Waals surface area contributed by atoms with Gasteiger partial charge in [-0.05, 0) is 135 Å². The second kappa shape index (κ2) is 34.0. The first-order chi connectivity index (χ1) is 43.3. The van der Waals surface area contributed by atoms with Crippen molar-refractivity contribution in [2.24, 2.45) is 0 Å². The Morgan fingerprint density at radius 1 is 0.418 bits per heavy atom. The van der Waals surface area contributed by atoms with Crippen molar-refractivity contribution in [1.82, 2.24) is 29.7 Å². The predicted octanol–water partition coefficient (Wildman–Crippen LogP) is 14.3. The van der Waals surface area contributed by atoms with Gasteiger partial charge in [-0.15, -0.1) is 6.42 Å². The number of hydrogen-bond acceptors (Lipinski definition) is 9. The minimum Gasteiger partial charge on any atom is -0.444 e. The smallest absolute Gasteiger partial charge is 0.407 e. The zero-order valence-electron chi connectivity index (χ0n) is 52.4. The summed E-state index contributed by atoms with van der Waals surface area (Å²) in [7, 11) is 0. The van der Waals surface area contributed by atoms with Crippen molar-refractivity contribution in [3.05, 3.63) is 140 Å². The van der Waals surface area contributed by atoms with Crippen molar-refractivity contribution >= 4 is 147 Å². The second-order valence-corrected chi connectivity index (χ2v) is 26.1. The Morgan fingerprint density at radius 2 is 0.659 bits per heavy atom. The molecule has 0 radical (unpaired) electrons. The van der Waals surface area contributed by atoms with Gasteiger partial charge in [0, 0.05) is 103 Å². The highest BCUT2D eigenvalue weighted by Gasteiger charge is 2.20. The van der Waals surface area contributed by atoms with E-state index in [4.69, 9.17) is 29.5 Å². The van der Waals surface area contributed by atoms with Gasteiger partial charge in [0.15, 0.2) is 0 Å². The van der Waals surface area contributed by atoms with Crippen molar-refractivity contribution in [2.45, 2.75) is 98.8 Å². The van der Waals surface area contributed by atoms with E-state index in [9.17, 15) is 14.4 Å². The number of alkyl carbamates (subject to hydrolysis) is 3. The number of fused-ring (bicyclic) bond motifs is 9. The molecular weight excluding hydrogens is 1410 g/mol. The van der Waals surface area contributed by atoms with Gasteiger partial charge in [-0.3, -0.25) is 0 Å². The molecule has 0 unspecified atom stereocenters. The number of carbonyl (C=O) groups excluding carboxylic acids is 3. The molecule has 0 aliphatic heterocycles. The molecule has 0 atom stereocenters. The quantitative estimate of drug-likeness (QED) is 0.0464. The molecule has 0 spiro atoms. The minimum atomic E-state index is -0.558. The number of nitrogens with zero attached hydrogens (tertiary/aromatic N) is 3. The third kappa shape index (κ3) is 21.6. The lowest BCUT2D eigenvalue weighted by atomic mass is 10.1. The lowest BCUT2D eigenvalue weighted by Gasteiger charge is -2.20. The van der Waals surface area contributed by atoms with E-state index in [2.05, 4.69) is 196 Å². The van der Waals surface area contributed by atoms with Gasteiger partial charge in [-0.25, -0.2) is 14.4 Å². The van der Waals surface area contributed by atoms with Crippen LogP contribution in [-0.4, -0.2) is 114 Å². The number of nitrogens with one attached hydrogen (secondary N) is 3. The topological polar surface area (TPSA) is 190 Å². The Bertz CT molecular complexity index is 3980. The first kappa shape index (κ1) is 72.2. The lowest BCUT2D eigenvalue weighted by Crippen LogP contribution is -2.34. The zero-order valence-corrected chi connectivity index (χ0v) is 58.7. The minimum absolute atomic E-state index is 0.153. The average molecular weight is 1490 g/mol. The number of aliphatic hydroxyl groups is 3. The molecule has 15 nitrogen and oxygen atoms in total. The summed E-state index contributed by atoms with van der Waals surface area (Å²) in [6.07, 6.45) is 3.26. The largest absolute Gasteiger partial charge is 0.444 e. The molecule has 3 heterocycles. The fourth-order valence-electron chi connectivity index (χ4n) is 9.57. The Hall–Kier alpha value is -7.87. The van der Waals surface area contributed by atoms with Gasteiger partial charge in [-0.2, -0.15) is 0 Å². The molecule has 474 valence electrons. The molecule has 9 rings (SSSR count). The van der Waals surface area contributed by atoms with Gasteiger partial charge in [0.25, 0.3) is 0 Å². The summed E-state index contributed by atoms with van der Waals surface area (Å²) in [6.45, 7) is 19.1. The van der Waals surface area contributed by atoms with Crippen molar-refractivity contribution in [3.63, 3.8) is 0 Å². The molecule has 91 heavy (non-hydrogen) atoms. The van der Waals surface area contributed by atoms with Crippen LogP contribution in [0.25, 0.3) is 65.4 Å². The van der Waals surface area contributed by atoms with Gasteiger partial charge in [0.1, 0.15) is 36.6 Å². The van der Waals surface area contributed by atoms with Crippen molar-refractivity contribution in [2.75, 3.05) is 50.1 Å². The van der Waals surface area contributed by atoms with Crippen molar-refractivity contribution < 1.29 is 43.9 Å². The summed E-state index contributed by atoms with van der Waals surface area (Å²) in [5.74, 6) is 25.7. The van der Waals surface area contributed by atoms with E-state index >= 15 is 0 Å². The molecule has 0 fully saturated rings. The van der Waals surface area contributed by atoms with E-state index in [1.807, 2.05) is 129 Å². The van der Waals surface area contributed by atoms with Gasteiger partial charge >= 0.3 is 18.3 Å². The van der Waals surface area contributed by atoms with Crippen molar-refractivity contribution in [1.29, 1.82) is 0 Å². The van der Waals surface area contributed by atoms with E-state index in [0.717, 1.165) is 85.8 Å². The number of halogens is 4. The third-order valence-electron chi connectivity index (χ3n) is 12.9. The summed E-state index contributed by atoms with van der Waals surface area (Å²) in [4.78, 5) is 36.0. The zero-order chi connectivity index (χ0) is 66.5. The number of amides is 3. The summed E-state index contributed by atoms with van der Waals surface area (Å²) in [5, 5.41) is 42.2. The van der Waals surface area contributed by atoms with Gasteiger partial charge in [0.05, 0.1) is 43.8 Å². The van der Waals surface area contributed by atoms with Gasteiger partial charge < -0.3 is 59.2 Å². The van der Waals surface area contributed by atoms with E-state index in [-0.39, 0.29) is 19.8 Å². The maximum Gasteiger partial charge on any atom is 0.407 e. The Morgan fingerprint density at radius 3 is 0.890 bits per heavy atom. The fourth-order valence-corrected chi connectivity index (χ4v) is 10.5. The van der Waals surface area contributed by atoms with Crippen LogP contribution < -0.4 is 16.0 Å². The number of carbonyl (C=O) groups is 3. The van der Waals surface area contributed by atoms with E-state index in [1.165, 1.54) is 10.8 Å². The molecular formula is C72H74Br4N6O9. The summed E-state index contributed by atoms with van der Waals surface area (Å²) >= 11 is 13.8. The summed E-state index contributed by atoms with van der Waals surface area (Å²) < 4.78 is 24.6. The van der Waals surface area contributed by atoms with Crippen LogP contribution >= 0.6 is 63.7 Å². The van der Waals surface area contributed by atoms with E-state index < -0.39 is 35.1 Å². The first-order valence-electron chi connectivity index (χ1n) is 29.0. The Labute approximate surface area is 565 Å². The molecule has 0 bridgehead atoms. The highest BCUT2D eigenvalue weighted by molar-refractivity contribution is 9.11. The molecule has 19 heteroatoms. The van der Waals surface area contributed by atoms with Crippen LogP contribution in [0, 0.1) is 59.7 Å². The first-order valence-corrected chi connectivity index (χ1v) is 32.9. The highest BCUT2D eigenvalue weighted by atomic mass is 79.9. The highest BCUT2D eigenvalue weighted by Crippen LogP contribution is 2.34. The number of rotatable bonds is 9. The van der Waals surface area contributed by atoms with Gasteiger partial charge in [-0.1, -0.05) is 153 Å². The number of aliphatic hydroxyl groups excluding tert-OH is 3. The van der Waals surface area contributed by atoms with Crippen molar-refractivity contribution in [3.8, 4) is 59.7 Å². The van der Waals surface area contributed by atoms with Gasteiger partial charge in [0.2, 0.25) is 0 Å². The predicted molar refractivity (Wildman–Crippen MR) is 382 cm³/mol. The van der Waals surface area contributed by atoms with Crippen LogP contribution in [0.1, 0.15) is 84.6 Å². The number of hydrogen-bond donors (Lipinski definition) is 6. The summed E-state index contributed by atoms with van der Waals surface area (Å²) in [5.41, 5.74) is 8.29. The molecule has 0 saturated heterocycles. The second-order valence-electron chi connectivity index (χ2n) is 23.1. The molecule has 9 aromatic rings. The molecule has 3 aromatic heterocycles. The SMILES string of the molecule is C#CCO.CC(C)(C)OC(=O)NCCn1c2cc(Br)ccc2c2ccc(Br)cc21.CC(C)(C)OC(=O)NCCn1c2cc(C#CCBr)ccc2c2ccc(C#CCBr)cc21.CC(C)(C)OC(=O)NCCn1c2cc(C#CCO)ccc2c2ccc(C#CCO)cc21. The number of terminal acetylenes is 1. The van der Waals surface area contributed by atoms with E-state index in [0.29, 0.717) is 49.9 Å². The molecule has 3 amide bonds.